The van der Waals surface area contributed by atoms with Crippen molar-refractivity contribution in [3.05, 3.63) is 85.7 Å². The van der Waals surface area contributed by atoms with Gasteiger partial charge in [-0.25, -0.2) is 25.7 Å². The van der Waals surface area contributed by atoms with E-state index < -0.39 is 28.9 Å². The highest BCUT2D eigenvalue weighted by atomic mass is 32.1. The molecule has 2 aliphatic carbocycles. The van der Waals surface area contributed by atoms with Gasteiger partial charge in [0.15, 0.2) is 0 Å². The number of nitrogens with zero attached hydrogens (tertiary/aromatic N) is 4. The predicted molar refractivity (Wildman–Crippen MR) is 167 cm³/mol. The van der Waals surface area contributed by atoms with Crippen molar-refractivity contribution in [3.63, 3.8) is 0 Å². The van der Waals surface area contributed by atoms with Crippen LogP contribution < -0.4 is 11.2 Å². The molecule has 2 fully saturated rings. The molecule has 1 N–H and O–H groups in total. The first-order valence-corrected chi connectivity index (χ1v) is 15.8. The van der Waals surface area contributed by atoms with Gasteiger partial charge in [0.2, 0.25) is 12.4 Å². The van der Waals surface area contributed by atoms with Crippen molar-refractivity contribution in [2.75, 3.05) is 0 Å². The summed E-state index contributed by atoms with van der Waals surface area (Å²) in [4.78, 5) is 49.5. The third kappa shape index (κ3) is 5.10. The maximum Gasteiger partial charge on any atom is 0.333 e. The first kappa shape index (κ1) is 30.0. The first-order chi connectivity index (χ1) is 21.0. The zero-order chi connectivity index (χ0) is 31.3. The topological polar surface area (TPSA) is 121 Å². The van der Waals surface area contributed by atoms with Crippen LogP contribution in [0.2, 0.25) is 0 Å². The van der Waals surface area contributed by atoms with E-state index in [1.54, 1.807) is 6.92 Å². The second-order valence-corrected chi connectivity index (χ2v) is 13.8. The van der Waals surface area contributed by atoms with E-state index in [-0.39, 0.29) is 24.6 Å². The van der Waals surface area contributed by atoms with Crippen LogP contribution >= 0.6 is 11.3 Å². The molecular formula is C33H36N4O6S. The maximum absolute atomic E-state index is 14.3. The normalized spacial score (nSPS) is 22.2. The van der Waals surface area contributed by atoms with Crippen LogP contribution in [0.3, 0.4) is 0 Å². The van der Waals surface area contributed by atoms with Crippen LogP contribution in [0.25, 0.3) is 25.8 Å². The summed E-state index contributed by atoms with van der Waals surface area (Å²) >= 11 is 1.21. The van der Waals surface area contributed by atoms with Gasteiger partial charge in [0.25, 0.3) is 5.56 Å². The van der Waals surface area contributed by atoms with Gasteiger partial charge in [-0.2, -0.15) is 0 Å². The molecule has 0 amide bonds. The summed E-state index contributed by atoms with van der Waals surface area (Å²) in [7, 11) is 0. The van der Waals surface area contributed by atoms with E-state index in [0.717, 1.165) is 28.5 Å². The molecule has 230 valence electrons. The second-order valence-electron chi connectivity index (χ2n) is 12.8. The van der Waals surface area contributed by atoms with Gasteiger partial charge in [-0.1, -0.05) is 31.2 Å². The number of hydrogen-bond donors (Lipinski definition) is 1. The Morgan fingerprint density at radius 3 is 2.57 bits per heavy atom. The van der Waals surface area contributed by atoms with Crippen molar-refractivity contribution in [1.82, 2.24) is 14.1 Å². The van der Waals surface area contributed by atoms with Gasteiger partial charge in [-0.15, -0.1) is 11.3 Å². The number of carbonyl (C=O) groups is 1. The lowest BCUT2D eigenvalue weighted by atomic mass is 10.0. The molecule has 10 nitrogen and oxygen atoms in total. The number of aryl methyl sites for hydroxylation is 1. The monoisotopic (exact) mass is 616 g/mol. The van der Waals surface area contributed by atoms with E-state index >= 15 is 0 Å². The van der Waals surface area contributed by atoms with E-state index in [0.29, 0.717) is 38.9 Å². The van der Waals surface area contributed by atoms with Crippen LogP contribution in [-0.2, 0) is 28.2 Å². The van der Waals surface area contributed by atoms with E-state index in [2.05, 4.69) is 16.8 Å². The number of aliphatic carboxylic acids is 1. The van der Waals surface area contributed by atoms with Gasteiger partial charge in [0.1, 0.15) is 22.7 Å². The fourth-order valence-corrected chi connectivity index (χ4v) is 8.54. The largest absolute Gasteiger partial charge is 0.480 e. The summed E-state index contributed by atoms with van der Waals surface area (Å²) in [5, 5.41) is 10.3. The number of carboxylic acids is 1. The molecule has 11 heteroatoms. The fraction of sp³-hybridized carbons (Fsp3) is 0.485. The van der Waals surface area contributed by atoms with Gasteiger partial charge in [0, 0.05) is 5.56 Å². The van der Waals surface area contributed by atoms with Crippen LogP contribution in [0.5, 0.6) is 0 Å². The van der Waals surface area contributed by atoms with Crippen LogP contribution in [0, 0.1) is 31.2 Å². The minimum absolute atomic E-state index is 0.0102. The first-order valence-electron chi connectivity index (χ1n) is 15.0. The molecule has 0 aliphatic heterocycles. The number of rotatable bonds is 9. The fourth-order valence-electron chi connectivity index (χ4n) is 7.30. The van der Waals surface area contributed by atoms with Crippen LogP contribution in [0.4, 0.5) is 0 Å². The number of carboxylic acid groups (broad SMARTS) is 1. The minimum Gasteiger partial charge on any atom is -0.480 e. The van der Waals surface area contributed by atoms with Crippen LogP contribution in [-0.4, -0.2) is 31.3 Å². The summed E-state index contributed by atoms with van der Waals surface area (Å²) < 4.78 is 14.7. The molecule has 0 spiro atoms. The Morgan fingerprint density at radius 1 is 1.23 bits per heavy atom. The second kappa shape index (κ2) is 11.5. The van der Waals surface area contributed by atoms with Gasteiger partial charge >= 0.3 is 11.7 Å². The summed E-state index contributed by atoms with van der Waals surface area (Å²) in [5.41, 5.74) is -1.05. The van der Waals surface area contributed by atoms with E-state index in [1.807, 2.05) is 24.3 Å². The Hall–Kier alpha value is -4.01. The Kier molecular flexibility index (Phi) is 7.84. The number of ether oxygens (including phenoxy) is 1. The lowest BCUT2D eigenvalue weighted by Gasteiger charge is -2.27. The highest BCUT2D eigenvalue weighted by Gasteiger charge is 2.42. The lowest BCUT2D eigenvalue weighted by molar-refractivity contribution is -0.146. The average Bonchev–Trinajstić information content (AvgIpc) is 3.75. The summed E-state index contributed by atoms with van der Waals surface area (Å²) in [5.74, 6) is 0.959. The Labute approximate surface area is 258 Å². The van der Waals surface area contributed by atoms with Gasteiger partial charge in [0.05, 0.1) is 29.1 Å². The van der Waals surface area contributed by atoms with Crippen molar-refractivity contribution >= 4 is 27.5 Å². The summed E-state index contributed by atoms with van der Waals surface area (Å²) in [6.07, 6.45) is 6.60. The van der Waals surface area contributed by atoms with E-state index in [1.165, 1.54) is 55.1 Å². The number of oxazole rings is 1. The highest BCUT2D eigenvalue weighted by Crippen LogP contribution is 2.48. The van der Waals surface area contributed by atoms with Crippen LogP contribution in [0.1, 0.15) is 69.2 Å². The van der Waals surface area contributed by atoms with Crippen molar-refractivity contribution in [2.45, 2.75) is 84.2 Å². The Bertz CT molecular complexity index is 1860. The van der Waals surface area contributed by atoms with Crippen molar-refractivity contribution in [2.24, 2.45) is 17.8 Å². The maximum atomic E-state index is 14.3. The number of benzene rings is 1. The molecule has 0 radical (unpaired) electrons. The molecule has 44 heavy (non-hydrogen) atoms. The van der Waals surface area contributed by atoms with Gasteiger partial charge < -0.3 is 19.1 Å². The third-order valence-electron chi connectivity index (χ3n) is 9.49. The molecule has 2 aliphatic rings. The Balaban J connectivity index is 1.53. The molecule has 0 saturated heterocycles. The Morgan fingerprint density at radius 2 is 1.93 bits per heavy atom. The molecule has 2 saturated carbocycles. The number of fused-ring (bicyclic) bond motifs is 2. The molecule has 5 atom stereocenters. The van der Waals surface area contributed by atoms with Crippen molar-refractivity contribution in [3.8, 4) is 10.8 Å². The highest BCUT2D eigenvalue weighted by molar-refractivity contribution is 7.22. The average molecular weight is 617 g/mol. The molecule has 3 unspecified atom stereocenters. The predicted octanol–water partition coefficient (Wildman–Crippen LogP) is 6.01. The lowest BCUT2D eigenvalue weighted by Crippen LogP contribution is -2.52. The molecule has 3 heterocycles. The molecule has 3 aromatic heterocycles. The smallest absolute Gasteiger partial charge is 0.333 e. The summed E-state index contributed by atoms with van der Waals surface area (Å²) in [6, 6.07) is 7.61. The zero-order valence-electron chi connectivity index (χ0n) is 25.3. The SMILES string of the molecule is [C-]#[N+]Cc1ccccc1C(Cn1c(=O)n(C(C)(C)C(=O)O)c(=O)c2c(C)c(-c3ncco3)sc21)OC1C[C@H]2CC(C)C[C@H]2C1. The zero-order valence-corrected chi connectivity index (χ0v) is 26.1. The quantitative estimate of drug-likeness (QED) is 0.229. The third-order valence-corrected chi connectivity index (χ3v) is 10.8. The van der Waals surface area contributed by atoms with E-state index in [9.17, 15) is 19.5 Å². The molecule has 6 rings (SSSR count). The summed E-state index contributed by atoms with van der Waals surface area (Å²) in [6.45, 7) is 14.5. The van der Waals surface area contributed by atoms with E-state index in [4.69, 9.17) is 15.7 Å². The molecule has 4 aromatic rings. The van der Waals surface area contributed by atoms with Crippen LogP contribution in [0.15, 0.2) is 50.7 Å². The molecular weight excluding hydrogens is 580 g/mol. The van der Waals surface area contributed by atoms with Gasteiger partial charge in [-0.05, 0) is 75.3 Å². The number of hydrogen-bond acceptors (Lipinski definition) is 7. The standard InChI is InChI=1S/C33H36N4O6S/c1-18-12-21-14-23(15-22(21)13-18)43-25(24-9-7-6-8-20(24)16-34-5)17-36-30-26(19(2)27(44-30)28-35-10-11-42-28)29(38)37(32(36)41)33(3,4)31(39)40/h6-11,18,21-23,25H,12-17H2,1-4H3,(H,39,40)/t18?,21-,22+,23?,25?. The molecule has 1 aromatic carbocycles. The van der Waals surface area contributed by atoms with Crippen molar-refractivity contribution < 1.29 is 19.1 Å². The molecule has 0 bridgehead atoms. The number of aromatic nitrogens is 3. The number of thiophene rings is 1. The van der Waals surface area contributed by atoms with Crippen molar-refractivity contribution in [1.29, 1.82) is 0 Å². The minimum atomic E-state index is -1.82. The van der Waals surface area contributed by atoms with Gasteiger partial charge in [-0.3, -0.25) is 9.36 Å².